The van der Waals surface area contributed by atoms with Gasteiger partial charge in [0.2, 0.25) is 5.78 Å². The summed E-state index contributed by atoms with van der Waals surface area (Å²) in [5.41, 5.74) is 2.27. The zero-order chi connectivity index (χ0) is 24.1. The van der Waals surface area contributed by atoms with Gasteiger partial charge in [-0.15, -0.1) is 0 Å². The number of aliphatic hydroxyl groups is 1. The highest BCUT2D eigenvalue weighted by Crippen LogP contribution is 2.34. The molecule has 33 heavy (non-hydrogen) atoms. The summed E-state index contributed by atoms with van der Waals surface area (Å²) in [6, 6.07) is 11.2. The van der Waals surface area contributed by atoms with Gasteiger partial charge in [-0.25, -0.2) is 4.79 Å². The standard InChI is InChI=1S/C23H23N3O7/c1-4-20-22(23(29)14(2)24-33-15(3)28)19-13-18(32-12-11-27)9-10-21(19)25(20)16-5-7-17(8-6-16)26(30)31/h5-10,13,27H,4,11-12H2,1-3H3/b24-14+. The molecule has 0 aliphatic carbocycles. The van der Waals surface area contributed by atoms with E-state index in [4.69, 9.17) is 9.84 Å². The van der Waals surface area contributed by atoms with Crippen LogP contribution in [0.1, 0.15) is 36.8 Å². The quantitative estimate of drug-likeness (QED) is 0.172. The van der Waals surface area contributed by atoms with E-state index in [1.54, 1.807) is 30.3 Å². The number of nitro benzene ring substituents is 1. The number of ether oxygens (including phenoxy) is 1. The zero-order valence-corrected chi connectivity index (χ0v) is 18.4. The Hall–Kier alpha value is -4.05. The molecule has 172 valence electrons. The highest BCUT2D eigenvalue weighted by molar-refractivity contribution is 6.47. The number of Topliss-reactive ketones (excluding diaryl/α,β-unsaturated/α-hetero) is 1. The molecule has 0 saturated carbocycles. The van der Waals surface area contributed by atoms with Gasteiger partial charge in [0.05, 0.1) is 22.6 Å². The first-order valence-corrected chi connectivity index (χ1v) is 10.2. The lowest BCUT2D eigenvalue weighted by Gasteiger charge is -2.11. The highest BCUT2D eigenvalue weighted by atomic mass is 16.7. The number of oxime groups is 1. The van der Waals surface area contributed by atoms with Crippen molar-refractivity contribution in [3.63, 3.8) is 0 Å². The van der Waals surface area contributed by atoms with Crippen LogP contribution in [0.5, 0.6) is 5.75 Å². The van der Waals surface area contributed by atoms with Crippen LogP contribution in [0.25, 0.3) is 16.6 Å². The van der Waals surface area contributed by atoms with E-state index < -0.39 is 16.7 Å². The Kier molecular flexibility index (Phi) is 7.19. The normalized spacial score (nSPS) is 11.5. The first-order chi connectivity index (χ1) is 15.8. The molecule has 10 heteroatoms. The molecule has 0 aliphatic heterocycles. The van der Waals surface area contributed by atoms with Crippen LogP contribution in [-0.2, 0) is 16.1 Å². The van der Waals surface area contributed by atoms with Crippen LogP contribution in [0.15, 0.2) is 47.6 Å². The number of carbonyl (C=O) groups excluding carboxylic acids is 2. The molecule has 3 aromatic rings. The predicted octanol–water partition coefficient (Wildman–Crippen LogP) is 3.59. The van der Waals surface area contributed by atoms with Crippen molar-refractivity contribution in [1.29, 1.82) is 0 Å². The van der Waals surface area contributed by atoms with E-state index in [-0.39, 0.29) is 24.6 Å². The molecule has 10 nitrogen and oxygen atoms in total. The van der Waals surface area contributed by atoms with Crippen LogP contribution in [-0.4, -0.2) is 45.3 Å². The third-order valence-electron chi connectivity index (χ3n) is 4.92. The van der Waals surface area contributed by atoms with E-state index in [2.05, 4.69) is 9.99 Å². The van der Waals surface area contributed by atoms with E-state index in [0.717, 1.165) is 0 Å². The number of aliphatic hydroxyl groups excluding tert-OH is 1. The molecule has 0 fully saturated rings. The van der Waals surface area contributed by atoms with Crippen molar-refractivity contribution in [2.24, 2.45) is 5.16 Å². The topological polar surface area (TPSA) is 133 Å². The smallest absolute Gasteiger partial charge is 0.331 e. The number of carbonyl (C=O) groups is 2. The molecule has 2 aromatic carbocycles. The fraction of sp³-hybridized carbons (Fsp3) is 0.261. The molecule has 0 atom stereocenters. The lowest BCUT2D eigenvalue weighted by atomic mass is 10.0. The Morgan fingerprint density at radius 1 is 1.15 bits per heavy atom. The highest BCUT2D eigenvalue weighted by Gasteiger charge is 2.25. The summed E-state index contributed by atoms with van der Waals surface area (Å²) in [6.07, 6.45) is 0.459. The minimum Gasteiger partial charge on any atom is -0.491 e. The number of ketones is 1. The van der Waals surface area contributed by atoms with Crippen LogP contribution in [0, 0.1) is 10.1 Å². The molecule has 0 unspecified atom stereocenters. The largest absolute Gasteiger partial charge is 0.491 e. The van der Waals surface area contributed by atoms with Gasteiger partial charge in [-0.05, 0) is 43.7 Å². The van der Waals surface area contributed by atoms with Gasteiger partial charge in [-0.2, -0.15) is 0 Å². The third-order valence-corrected chi connectivity index (χ3v) is 4.92. The number of fused-ring (bicyclic) bond motifs is 1. The summed E-state index contributed by atoms with van der Waals surface area (Å²) in [4.78, 5) is 39.7. The van der Waals surface area contributed by atoms with Crippen molar-refractivity contribution in [3.05, 3.63) is 63.8 Å². The number of nitro groups is 1. The summed E-state index contributed by atoms with van der Waals surface area (Å²) in [6.45, 7) is 4.44. The van der Waals surface area contributed by atoms with Gasteiger partial charge >= 0.3 is 5.97 Å². The molecular formula is C23H23N3O7. The molecule has 0 spiro atoms. The number of benzene rings is 2. The van der Waals surface area contributed by atoms with Gasteiger partial charge in [0, 0.05) is 35.8 Å². The fourth-order valence-corrected chi connectivity index (χ4v) is 3.54. The van der Waals surface area contributed by atoms with Crippen molar-refractivity contribution in [1.82, 2.24) is 4.57 Å². The van der Waals surface area contributed by atoms with E-state index in [0.29, 0.717) is 40.0 Å². The van der Waals surface area contributed by atoms with E-state index in [1.165, 1.54) is 26.0 Å². The third kappa shape index (κ3) is 4.90. The second-order valence-electron chi connectivity index (χ2n) is 7.12. The SMILES string of the molecule is CCc1c(C(=O)/C(C)=N/OC(C)=O)c2cc(OCCO)ccc2n1-c1ccc([N+](=O)[O-])cc1. The lowest BCUT2D eigenvalue weighted by molar-refractivity contribution is -0.384. The number of non-ortho nitro benzene ring substituents is 1. The van der Waals surface area contributed by atoms with Crippen molar-refractivity contribution < 1.29 is 29.2 Å². The molecule has 1 N–H and O–H groups in total. The summed E-state index contributed by atoms with van der Waals surface area (Å²) in [5.74, 6) is -0.618. The Bertz CT molecular complexity index is 1240. The van der Waals surface area contributed by atoms with Gasteiger partial charge in [0.1, 0.15) is 18.1 Å². The molecule has 1 heterocycles. The van der Waals surface area contributed by atoms with Crippen LogP contribution in [0.2, 0.25) is 0 Å². The Morgan fingerprint density at radius 2 is 1.85 bits per heavy atom. The van der Waals surface area contributed by atoms with Gasteiger partial charge < -0.3 is 19.2 Å². The average Bonchev–Trinajstić information content (AvgIpc) is 3.14. The summed E-state index contributed by atoms with van der Waals surface area (Å²) < 4.78 is 7.37. The average molecular weight is 453 g/mol. The van der Waals surface area contributed by atoms with Crippen molar-refractivity contribution >= 4 is 34.1 Å². The number of hydrogen-bond donors (Lipinski definition) is 1. The fourth-order valence-electron chi connectivity index (χ4n) is 3.54. The maximum absolute atomic E-state index is 13.4. The van der Waals surface area contributed by atoms with Gasteiger partial charge in [-0.3, -0.25) is 14.9 Å². The van der Waals surface area contributed by atoms with Crippen LogP contribution in [0.4, 0.5) is 5.69 Å². The number of hydrogen-bond acceptors (Lipinski definition) is 8. The van der Waals surface area contributed by atoms with Gasteiger partial charge in [0.25, 0.3) is 5.69 Å². The molecular weight excluding hydrogens is 430 g/mol. The number of aromatic nitrogens is 1. The summed E-state index contributed by atoms with van der Waals surface area (Å²) in [7, 11) is 0. The molecule has 0 saturated heterocycles. The molecule has 1 aromatic heterocycles. The summed E-state index contributed by atoms with van der Waals surface area (Å²) in [5, 5.41) is 24.3. The van der Waals surface area contributed by atoms with Gasteiger partial charge in [0.15, 0.2) is 0 Å². The number of rotatable bonds is 9. The Morgan fingerprint density at radius 3 is 2.42 bits per heavy atom. The second-order valence-corrected chi connectivity index (χ2v) is 7.12. The predicted molar refractivity (Wildman–Crippen MR) is 121 cm³/mol. The minimum atomic E-state index is -0.647. The molecule has 0 bridgehead atoms. The Labute approximate surface area is 189 Å². The minimum absolute atomic E-state index is 0.00988. The van der Waals surface area contributed by atoms with Crippen LogP contribution in [0.3, 0.4) is 0 Å². The Balaban J connectivity index is 2.26. The maximum atomic E-state index is 13.4. The summed E-state index contributed by atoms with van der Waals surface area (Å²) >= 11 is 0. The molecule has 0 aliphatic rings. The molecule has 0 amide bonds. The van der Waals surface area contributed by atoms with Crippen molar-refractivity contribution in [3.8, 4) is 11.4 Å². The van der Waals surface area contributed by atoms with Crippen LogP contribution >= 0.6 is 0 Å². The van der Waals surface area contributed by atoms with E-state index in [1.807, 2.05) is 11.5 Å². The molecule has 0 radical (unpaired) electrons. The van der Waals surface area contributed by atoms with Crippen molar-refractivity contribution in [2.75, 3.05) is 13.2 Å². The lowest BCUT2D eigenvalue weighted by Crippen LogP contribution is -2.14. The first kappa shape index (κ1) is 23.6. The van der Waals surface area contributed by atoms with Crippen LogP contribution < -0.4 is 4.74 Å². The number of nitrogens with zero attached hydrogens (tertiary/aromatic N) is 3. The van der Waals surface area contributed by atoms with Crippen molar-refractivity contribution in [2.45, 2.75) is 27.2 Å². The monoisotopic (exact) mass is 453 g/mol. The first-order valence-electron chi connectivity index (χ1n) is 10.2. The van der Waals surface area contributed by atoms with E-state index in [9.17, 15) is 19.7 Å². The van der Waals surface area contributed by atoms with Gasteiger partial charge in [-0.1, -0.05) is 12.1 Å². The molecule has 3 rings (SSSR count). The maximum Gasteiger partial charge on any atom is 0.331 e. The second kappa shape index (κ2) is 10.0. The zero-order valence-electron chi connectivity index (χ0n) is 18.4. The van der Waals surface area contributed by atoms with E-state index >= 15 is 0 Å².